The van der Waals surface area contributed by atoms with Gasteiger partial charge in [0.1, 0.15) is 0 Å². The molecule has 0 heterocycles. The van der Waals surface area contributed by atoms with E-state index in [0.717, 1.165) is 12.8 Å². The first-order valence-corrected chi connectivity index (χ1v) is 9.57. The molecule has 0 aliphatic rings. The smallest absolute Gasteiger partial charge is 0.253 e. The minimum absolute atomic E-state index is 0.120. The highest BCUT2D eigenvalue weighted by Crippen LogP contribution is 2.19. The molecule has 0 saturated heterocycles. The zero-order valence-corrected chi connectivity index (χ0v) is 15.6. The molecule has 5 nitrogen and oxygen atoms in total. The molecule has 130 valence electrons. The highest BCUT2D eigenvalue weighted by molar-refractivity contribution is 7.89. The van der Waals surface area contributed by atoms with E-state index < -0.39 is 10.0 Å². The topological polar surface area (TPSA) is 57.7 Å². The van der Waals surface area contributed by atoms with Gasteiger partial charge in [0.2, 0.25) is 10.0 Å². The van der Waals surface area contributed by atoms with E-state index in [2.05, 4.69) is 6.92 Å². The van der Waals surface area contributed by atoms with E-state index in [1.54, 1.807) is 24.1 Å². The quantitative estimate of drug-likeness (QED) is 0.731. The zero-order valence-electron chi connectivity index (χ0n) is 14.7. The van der Waals surface area contributed by atoms with E-state index in [-0.39, 0.29) is 16.8 Å². The van der Waals surface area contributed by atoms with Crippen LogP contribution in [-0.2, 0) is 10.0 Å². The summed E-state index contributed by atoms with van der Waals surface area (Å²) >= 11 is 0. The first-order chi connectivity index (χ1) is 10.8. The molecule has 1 rings (SSSR count). The van der Waals surface area contributed by atoms with E-state index in [0.29, 0.717) is 18.7 Å². The Kier molecular flexibility index (Phi) is 7.22. The standard InChI is InChI=1S/C17H28N2O3S/c1-6-8-12-19(7-2)17(20)15-10-9-11-16(13-15)23(21,22)18(5)14(3)4/h9-11,13-14H,6-8,12H2,1-5H3. The maximum atomic E-state index is 12.6. The fraction of sp³-hybridized carbons (Fsp3) is 0.588. The van der Waals surface area contributed by atoms with E-state index in [4.69, 9.17) is 0 Å². The van der Waals surface area contributed by atoms with Crippen LogP contribution in [-0.4, -0.2) is 49.7 Å². The molecular weight excluding hydrogens is 312 g/mol. The zero-order chi connectivity index (χ0) is 17.6. The van der Waals surface area contributed by atoms with E-state index >= 15 is 0 Å². The molecule has 1 aromatic rings. The van der Waals surface area contributed by atoms with E-state index in [1.165, 1.54) is 16.4 Å². The van der Waals surface area contributed by atoms with Crippen molar-refractivity contribution in [2.75, 3.05) is 20.1 Å². The van der Waals surface area contributed by atoms with Crippen LogP contribution < -0.4 is 0 Å². The van der Waals surface area contributed by atoms with Crippen molar-refractivity contribution < 1.29 is 13.2 Å². The van der Waals surface area contributed by atoms with Gasteiger partial charge in [0, 0.05) is 31.7 Å². The number of hydrogen-bond acceptors (Lipinski definition) is 3. The Bertz CT molecular complexity index is 626. The Hall–Kier alpha value is -1.40. The van der Waals surface area contributed by atoms with E-state index in [9.17, 15) is 13.2 Å². The van der Waals surface area contributed by atoms with Gasteiger partial charge in [-0.15, -0.1) is 0 Å². The highest BCUT2D eigenvalue weighted by atomic mass is 32.2. The molecular formula is C17H28N2O3S. The summed E-state index contributed by atoms with van der Waals surface area (Å²) < 4.78 is 26.4. The summed E-state index contributed by atoms with van der Waals surface area (Å²) in [6, 6.07) is 6.17. The lowest BCUT2D eigenvalue weighted by Crippen LogP contribution is -2.34. The van der Waals surface area contributed by atoms with E-state index in [1.807, 2.05) is 20.8 Å². The molecule has 0 fully saturated rings. The summed E-state index contributed by atoms with van der Waals surface area (Å²) in [4.78, 5) is 14.5. The van der Waals surface area contributed by atoms with Crippen molar-refractivity contribution in [1.29, 1.82) is 0 Å². The lowest BCUT2D eigenvalue weighted by molar-refractivity contribution is 0.0762. The van der Waals surface area contributed by atoms with Gasteiger partial charge < -0.3 is 4.90 Å². The lowest BCUT2D eigenvalue weighted by Gasteiger charge is -2.23. The average Bonchev–Trinajstić information content (AvgIpc) is 2.54. The molecule has 0 unspecified atom stereocenters. The van der Waals surface area contributed by atoms with Crippen LogP contribution in [0.25, 0.3) is 0 Å². The van der Waals surface area contributed by atoms with Crippen molar-refractivity contribution in [3.63, 3.8) is 0 Å². The average molecular weight is 340 g/mol. The normalized spacial score (nSPS) is 12.0. The number of benzene rings is 1. The van der Waals surface area contributed by atoms with Crippen molar-refractivity contribution in [2.24, 2.45) is 0 Å². The van der Waals surface area contributed by atoms with Crippen LogP contribution in [0.3, 0.4) is 0 Å². The Morgan fingerprint density at radius 3 is 2.39 bits per heavy atom. The fourth-order valence-corrected chi connectivity index (χ4v) is 3.58. The predicted octanol–water partition coefficient (Wildman–Crippen LogP) is 2.98. The molecule has 0 aromatic heterocycles. The molecule has 23 heavy (non-hydrogen) atoms. The second-order valence-electron chi connectivity index (χ2n) is 5.88. The third kappa shape index (κ3) is 4.78. The minimum Gasteiger partial charge on any atom is -0.339 e. The van der Waals surface area contributed by atoms with Gasteiger partial charge in [-0.2, -0.15) is 4.31 Å². The number of amides is 1. The highest BCUT2D eigenvalue weighted by Gasteiger charge is 2.24. The van der Waals surface area contributed by atoms with Crippen molar-refractivity contribution in [2.45, 2.75) is 51.5 Å². The third-order valence-corrected chi connectivity index (χ3v) is 5.97. The summed E-state index contributed by atoms with van der Waals surface area (Å²) in [6.45, 7) is 8.94. The maximum absolute atomic E-state index is 12.6. The molecule has 1 aromatic carbocycles. The van der Waals surface area contributed by atoms with Crippen LogP contribution >= 0.6 is 0 Å². The SMILES string of the molecule is CCCCN(CC)C(=O)c1cccc(S(=O)(=O)N(C)C(C)C)c1. The summed E-state index contributed by atoms with van der Waals surface area (Å²) in [7, 11) is -2.03. The first-order valence-electron chi connectivity index (χ1n) is 8.13. The molecule has 0 N–H and O–H groups in total. The monoisotopic (exact) mass is 340 g/mol. The number of rotatable bonds is 8. The van der Waals surface area contributed by atoms with Gasteiger partial charge in [0.05, 0.1) is 4.90 Å². The van der Waals surface area contributed by atoms with Gasteiger partial charge in [-0.1, -0.05) is 19.4 Å². The van der Waals surface area contributed by atoms with Gasteiger partial charge in [0.25, 0.3) is 5.91 Å². The van der Waals surface area contributed by atoms with Crippen molar-refractivity contribution >= 4 is 15.9 Å². The first kappa shape index (κ1) is 19.6. The van der Waals surface area contributed by atoms with Gasteiger partial charge in [-0.3, -0.25) is 4.79 Å². The molecule has 0 spiro atoms. The van der Waals surface area contributed by atoms with Crippen LogP contribution in [0.5, 0.6) is 0 Å². The molecule has 0 aliphatic heterocycles. The number of carbonyl (C=O) groups is 1. The predicted molar refractivity (Wildman–Crippen MR) is 93.0 cm³/mol. The number of sulfonamides is 1. The van der Waals surface area contributed by atoms with Gasteiger partial charge >= 0.3 is 0 Å². The molecule has 0 bridgehead atoms. The second kappa shape index (κ2) is 8.45. The maximum Gasteiger partial charge on any atom is 0.253 e. The fourth-order valence-electron chi connectivity index (χ4n) is 2.17. The summed E-state index contributed by atoms with van der Waals surface area (Å²) in [5.74, 6) is -0.120. The summed E-state index contributed by atoms with van der Waals surface area (Å²) in [6.07, 6.45) is 1.95. The molecule has 1 amide bonds. The summed E-state index contributed by atoms with van der Waals surface area (Å²) in [5.41, 5.74) is 0.418. The Labute approximate surface area is 140 Å². The third-order valence-electron chi connectivity index (χ3n) is 3.94. The van der Waals surface area contributed by atoms with Gasteiger partial charge in [-0.25, -0.2) is 8.42 Å². The Morgan fingerprint density at radius 2 is 1.87 bits per heavy atom. The Morgan fingerprint density at radius 1 is 1.22 bits per heavy atom. The molecule has 0 atom stereocenters. The number of carbonyl (C=O) groups excluding carboxylic acids is 1. The Balaban J connectivity index is 3.11. The van der Waals surface area contributed by atoms with Gasteiger partial charge in [0.15, 0.2) is 0 Å². The molecule has 0 aliphatic carbocycles. The van der Waals surface area contributed by atoms with Crippen molar-refractivity contribution in [3.8, 4) is 0 Å². The van der Waals surface area contributed by atoms with Crippen molar-refractivity contribution in [1.82, 2.24) is 9.21 Å². The number of nitrogens with zero attached hydrogens (tertiary/aromatic N) is 2. The van der Waals surface area contributed by atoms with Crippen molar-refractivity contribution in [3.05, 3.63) is 29.8 Å². The molecule has 0 radical (unpaired) electrons. The molecule has 0 saturated carbocycles. The minimum atomic E-state index is -3.58. The van der Waals surface area contributed by atoms with Gasteiger partial charge in [-0.05, 0) is 45.4 Å². The van der Waals surface area contributed by atoms with Crippen LogP contribution in [0.2, 0.25) is 0 Å². The van der Waals surface area contributed by atoms with Crippen LogP contribution in [0.1, 0.15) is 50.9 Å². The van der Waals surface area contributed by atoms with Crippen LogP contribution in [0.4, 0.5) is 0 Å². The van der Waals surface area contributed by atoms with Crippen LogP contribution in [0, 0.1) is 0 Å². The molecule has 6 heteroatoms. The number of hydrogen-bond donors (Lipinski definition) is 0. The number of unbranched alkanes of at least 4 members (excludes halogenated alkanes) is 1. The summed E-state index contributed by atoms with van der Waals surface area (Å²) in [5, 5.41) is 0. The second-order valence-corrected chi connectivity index (χ2v) is 7.88. The largest absolute Gasteiger partial charge is 0.339 e. The van der Waals surface area contributed by atoms with Crippen LogP contribution in [0.15, 0.2) is 29.2 Å². The lowest BCUT2D eigenvalue weighted by atomic mass is 10.2.